The molecule has 3 aromatic carbocycles. The first-order valence-corrected chi connectivity index (χ1v) is 11.7. The molecule has 0 fully saturated rings. The van der Waals surface area contributed by atoms with E-state index in [1.165, 1.54) is 0 Å². The summed E-state index contributed by atoms with van der Waals surface area (Å²) < 4.78 is 11.7. The molecule has 162 valence electrons. The predicted molar refractivity (Wildman–Crippen MR) is 133 cm³/mol. The zero-order chi connectivity index (χ0) is 22.5. The summed E-state index contributed by atoms with van der Waals surface area (Å²) in [5.74, 6) is 0.511. The number of anilines is 1. The monoisotopic (exact) mass is 443 g/mol. The summed E-state index contributed by atoms with van der Waals surface area (Å²) in [6, 6.07) is 21.8. The Balaban J connectivity index is 1.68. The highest BCUT2D eigenvalue weighted by molar-refractivity contribution is 7.98. The second kappa shape index (κ2) is 9.79. The lowest BCUT2D eigenvalue weighted by Crippen LogP contribution is -2.08. The highest BCUT2D eigenvalue weighted by Crippen LogP contribution is 2.37. The topological polar surface area (TPSA) is 51.5 Å². The van der Waals surface area contributed by atoms with E-state index >= 15 is 0 Å². The third-order valence-electron chi connectivity index (χ3n) is 5.19. The molecule has 0 aliphatic carbocycles. The molecule has 4 nitrogen and oxygen atoms in total. The van der Waals surface area contributed by atoms with Crippen LogP contribution < -0.4 is 10.1 Å². The van der Waals surface area contributed by atoms with E-state index in [-0.39, 0.29) is 5.91 Å². The second-order valence-electron chi connectivity index (χ2n) is 7.34. The zero-order valence-electron chi connectivity index (χ0n) is 18.3. The van der Waals surface area contributed by atoms with Gasteiger partial charge in [-0.3, -0.25) is 4.79 Å². The fraction of sp³-hybridized carbons (Fsp3) is 0.148. The molecule has 0 aliphatic rings. The number of allylic oxidation sites excluding steroid dienone is 1. The van der Waals surface area contributed by atoms with Crippen LogP contribution in [0.1, 0.15) is 19.4 Å². The van der Waals surface area contributed by atoms with Crippen LogP contribution in [0.4, 0.5) is 5.69 Å². The number of benzene rings is 3. The van der Waals surface area contributed by atoms with Gasteiger partial charge in [-0.15, -0.1) is 11.8 Å². The molecule has 5 heteroatoms. The molecule has 0 bridgehead atoms. The molecule has 0 unspecified atom stereocenters. The minimum atomic E-state index is -0.183. The van der Waals surface area contributed by atoms with Gasteiger partial charge in [-0.25, -0.2) is 0 Å². The van der Waals surface area contributed by atoms with Crippen LogP contribution in [0.5, 0.6) is 5.75 Å². The van der Waals surface area contributed by atoms with Gasteiger partial charge in [-0.2, -0.15) is 0 Å². The second-order valence-corrected chi connectivity index (χ2v) is 8.22. The Morgan fingerprint density at radius 3 is 2.53 bits per heavy atom. The first kappa shape index (κ1) is 21.8. The Kier molecular flexibility index (Phi) is 6.66. The molecule has 4 aromatic rings. The number of ether oxygens (including phenoxy) is 1. The van der Waals surface area contributed by atoms with Gasteiger partial charge in [0.2, 0.25) is 5.91 Å². The van der Waals surface area contributed by atoms with Crippen molar-refractivity contribution in [3.8, 4) is 16.9 Å². The molecular formula is C27H25NO3S. The number of thioether (sulfide) groups is 1. The maximum absolute atomic E-state index is 12.7. The number of hydrogen-bond acceptors (Lipinski definition) is 4. The van der Waals surface area contributed by atoms with Gasteiger partial charge in [0.1, 0.15) is 11.3 Å². The Bertz CT molecular complexity index is 1260. The van der Waals surface area contributed by atoms with Crippen molar-refractivity contribution in [2.45, 2.75) is 18.7 Å². The molecule has 0 saturated carbocycles. The van der Waals surface area contributed by atoms with Crippen LogP contribution in [0, 0.1) is 0 Å². The third-order valence-corrected chi connectivity index (χ3v) is 5.93. The molecule has 32 heavy (non-hydrogen) atoms. The van der Waals surface area contributed by atoms with E-state index in [0.717, 1.165) is 43.8 Å². The van der Waals surface area contributed by atoms with E-state index in [2.05, 4.69) is 17.4 Å². The van der Waals surface area contributed by atoms with E-state index in [1.807, 2.05) is 74.7 Å². The SMILES string of the molecule is CCOc1cc2occ(-c3ccccc3)c2cc1/C(C)=C/C(=O)Nc1ccc(SC)cc1. The van der Waals surface area contributed by atoms with E-state index in [1.54, 1.807) is 24.1 Å². The van der Waals surface area contributed by atoms with Crippen molar-refractivity contribution in [3.63, 3.8) is 0 Å². The molecule has 0 saturated heterocycles. The van der Waals surface area contributed by atoms with Crippen molar-refractivity contribution in [2.75, 3.05) is 18.2 Å². The molecular weight excluding hydrogens is 418 g/mol. The maximum Gasteiger partial charge on any atom is 0.248 e. The number of carbonyl (C=O) groups is 1. The summed E-state index contributed by atoms with van der Waals surface area (Å²) in [5, 5.41) is 3.91. The number of fused-ring (bicyclic) bond motifs is 1. The van der Waals surface area contributed by atoms with Gasteiger partial charge >= 0.3 is 0 Å². The fourth-order valence-corrected chi connectivity index (χ4v) is 4.01. The van der Waals surface area contributed by atoms with Gasteiger partial charge in [-0.05, 0) is 61.6 Å². The minimum absolute atomic E-state index is 0.183. The summed E-state index contributed by atoms with van der Waals surface area (Å²) in [7, 11) is 0. The van der Waals surface area contributed by atoms with Crippen molar-refractivity contribution >= 4 is 39.9 Å². The minimum Gasteiger partial charge on any atom is -0.493 e. The van der Waals surface area contributed by atoms with Crippen LogP contribution in [0.25, 0.3) is 27.7 Å². The van der Waals surface area contributed by atoms with E-state index in [0.29, 0.717) is 12.4 Å². The van der Waals surface area contributed by atoms with Gasteiger partial charge in [-0.1, -0.05) is 30.3 Å². The first-order chi connectivity index (χ1) is 15.6. The number of carbonyl (C=O) groups excluding carboxylic acids is 1. The summed E-state index contributed by atoms with van der Waals surface area (Å²) >= 11 is 1.67. The Morgan fingerprint density at radius 2 is 1.84 bits per heavy atom. The lowest BCUT2D eigenvalue weighted by molar-refractivity contribution is -0.111. The standard InChI is InChI=1S/C27H25NO3S/c1-4-30-25-16-26-23(24(17-31-26)19-8-6-5-7-9-19)15-22(25)18(2)14-27(29)28-20-10-12-21(32-3)13-11-20/h5-17H,4H2,1-3H3,(H,28,29)/b18-14+. The highest BCUT2D eigenvalue weighted by Gasteiger charge is 2.15. The number of amides is 1. The molecule has 0 aliphatic heterocycles. The predicted octanol–water partition coefficient (Wildman–Crippen LogP) is 7.26. The van der Waals surface area contributed by atoms with Crippen molar-refractivity contribution in [2.24, 2.45) is 0 Å². The molecule has 0 spiro atoms. The van der Waals surface area contributed by atoms with Crippen LogP contribution in [-0.4, -0.2) is 18.8 Å². The molecule has 1 amide bonds. The third kappa shape index (κ3) is 4.73. The summed E-state index contributed by atoms with van der Waals surface area (Å²) in [5.41, 5.74) is 5.28. The van der Waals surface area contributed by atoms with Crippen molar-refractivity contribution < 1.29 is 13.9 Å². The Labute approximate surface area is 192 Å². The molecule has 1 aromatic heterocycles. The summed E-state index contributed by atoms with van der Waals surface area (Å²) in [4.78, 5) is 13.8. The zero-order valence-corrected chi connectivity index (χ0v) is 19.2. The van der Waals surface area contributed by atoms with Crippen molar-refractivity contribution in [3.05, 3.63) is 84.6 Å². The largest absolute Gasteiger partial charge is 0.493 e. The first-order valence-electron chi connectivity index (χ1n) is 10.5. The molecule has 1 heterocycles. The fourth-order valence-electron chi connectivity index (χ4n) is 3.61. The molecule has 1 N–H and O–H groups in total. The number of furan rings is 1. The van der Waals surface area contributed by atoms with E-state index in [4.69, 9.17) is 9.15 Å². The Morgan fingerprint density at radius 1 is 1.09 bits per heavy atom. The van der Waals surface area contributed by atoms with Crippen LogP contribution in [0.2, 0.25) is 0 Å². The average Bonchev–Trinajstić information content (AvgIpc) is 3.22. The lowest BCUT2D eigenvalue weighted by Gasteiger charge is -2.12. The smallest absolute Gasteiger partial charge is 0.248 e. The molecule has 4 rings (SSSR count). The summed E-state index contributed by atoms with van der Waals surface area (Å²) in [6.45, 7) is 4.38. The summed E-state index contributed by atoms with van der Waals surface area (Å²) in [6.07, 6.45) is 5.40. The Hall–Kier alpha value is -3.44. The molecule has 0 atom stereocenters. The number of hydrogen-bond donors (Lipinski definition) is 1. The van der Waals surface area contributed by atoms with Crippen molar-refractivity contribution in [1.29, 1.82) is 0 Å². The van der Waals surface area contributed by atoms with Gasteiger partial charge in [0.05, 0.1) is 12.9 Å². The van der Waals surface area contributed by atoms with Gasteiger partial charge in [0, 0.05) is 39.2 Å². The van der Waals surface area contributed by atoms with E-state index in [9.17, 15) is 4.79 Å². The normalized spacial score (nSPS) is 11.5. The van der Waals surface area contributed by atoms with E-state index < -0.39 is 0 Å². The van der Waals surface area contributed by atoms with Crippen LogP contribution in [-0.2, 0) is 4.79 Å². The number of nitrogens with one attached hydrogen (secondary N) is 1. The average molecular weight is 444 g/mol. The quantitative estimate of drug-likeness (QED) is 0.241. The number of rotatable bonds is 7. The lowest BCUT2D eigenvalue weighted by atomic mass is 9.99. The van der Waals surface area contributed by atoms with Crippen molar-refractivity contribution in [1.82, 2.24) is 0 Å². The van der Waals surface area contributed by atoms with Gasteiger partial charge in [0.25, 0.3) is 0 Å². The maximum atomic E-state index is 12.7. The van der Waals surface area contributed by atoms with Crippen LogP contribution in [0.15, 0.2) is 88.4 Å². The molecule has 0 radical (unpaired) electrons. The van der Waals surface area contributed by atoms with Gasteiger partial charge < -0.3 is 14.5 Å². The highest BCUT2D eigenvalue weighted by atomic mass is 32.2. The van der Waals surface area contributed by atoms with Crippen LogP contribution >= 0.6 is 11.8 Å². The van der Waals surface area contributed by atoms with Crippen LogP contribution in [0.3, 0.4) is 0 Å². The van der Waals surface area contributed by atoms with Gasteiger partial charge in [0.15, 0.2) is 0 Å².